The summed E-state index contributed by atoms with van der Waals surface area (Å²) in [6.07, 6.45) is 0. The van der Waals surface area contributed by atoms with Crippen molar-refractivity contribution in [3.05, 3.63) is 40.1 Å². The zero-order valence-corrected chi connectivity index (χ0v) is 12.3. The van der Waals surface area contributed by atoms with E-state index >= 15 is 0 Å². The zero-order chi connectivity index (χ0) is 14.8. The van der Waals surface area contributed by atoms with Crippen molar-refractivity contribution in [2.24, 2.45) is 0 Å². The quantitative estimate of drug-likeness (QED) is 0.796. The summed E-state index contributed by atoms with van der Waals surface area (Å²) in [5.74, 6) is -2.85. The summed E-state index contributed by atoms with van der Waals surface area (Å²) in [5, 5.41) is 8.81. The van der Waals surface area contributed by atoms with Gasteiger partial charge in [0, 0.05) is 11.0 Å². The molecule has 0 spiro atoms. The molecule has 0 radical (unpaired) electrons. The Labute approximate surface area is 118 Å². The third kappa shape index (κ3) is 3.85. The number of hydrogen-bond acceptors (Lipinski definition) is 3. The monoisotopic (exact) mass is 351 g/mol. The molecule has 0 saturated heterocycles. The molecule has 0 bridgehead atoms. The zero-order valence-electron chi connectivity index (χ0n) is 9.91. The first-order chi connectivity index (χ1) is 8.65. The Hall–Kier alpha value is -1.25. The fraction of sp³-hybridized carbons (Fsp3) is 0.182. The second kappa shape index (κ2) is 5.81. The van der Waals surface area contributed by atoms with Crippen LogP contribution >= 0.6 is 15.9 Å². The lowest BCUT2D eigenvalue weighted by Crippen LogP contribution is -2.26. The van der Waals surface area contributed by atoms with Crippen molar-refractivity contribution in [2.75, 3.05) is 6.54 Å². The summed E-state index contributed by atoms with van der Waals surface area (Å²) in [6, 6.07) is 2.00. The maximum atomic E-state index is 13.9. The topological polar surface area (TPSA) is 83.5 Å². The first-order valence-corrected chi connectivity index (χ1v) is 7.29. The Bertz CT molecular complexity index is 642. The second-order valence-corrected chi connectivity index (χ2v) is 6.50. The van der Waals surface area contributed by atoms with Gasteiger partial charge in [-0.25, -0.2) is 22.3 Å². The maximum absolute atomic E-state index is 13.9. The summed E-state index contributed by atoms with van der Waals surface area (Å²) in [6.45, 7) is 5.05. The summed E-state index contributed by atoms with van der Waals surface area (Å²) in [4.78, 5) is 10.1. The average molecular weight is 352 g/mol. The van der Waals surface area contributed by atoms with Gasteiger partial charge in [-0.3, -0.25) is 0 Å². The number of benzene rings is 1. The minimum Gasteiger partial charge on any atom is -0.478 e. The van der Waals surface area contributed by atoms with E-state index in [4.69, 9.17) is 5.11 Å². The number of carboxylic acids is 1. The van der Waals surface area contributed by atoms with Crippen molar-refractivity contribution >= 4 is 31.9 Å². The van der Waals surface area contributed by atoms with Gasteiger partial charge in [0.15, 0.2) is 5.82 Å². The van der Waals surface area contributed by atoms with Crippen LogP contribution in [0.2, 0.25) is 0 Å². The van der Waals surface area contributed by atoms with Gasteiger partial charge in [0.25, 0.3) is 0 Å². The highest BCUT2D eigenvalue weighted by Gasteiger charge is 2.24. The van der Waals surface area contributed by atoms with E-state index in [1.807, 2.05) is 0 Å². The average Bonchev–Trinajstić information content (AvgIpc) is 2.28. The van der Waals surface area contributed by atoms with Gasteiger partial charge >= 0.3 is 5.97 Å². The molecule has 104 valence electrons. The first kappa shape index (κ1) is 15.8. The van der Waals surface area contributed by atoms with Gasteiger partial charge in [-0.05, 0) is 19.1 Å². The number of nitrogens with one attached hydrogen (secondary N) is 1. The lowest BCUT2D eigenvalue weighted by Gasteiger charge is -2.09. The van der Waals surface area contributed by atoms with Crippen molar-refractivity contribution in [3.8, 4) is 0 Å². The second-order valence-electron chi connectivity index (χ2n) is 3.85. The van der Waals surface area contributed by atoms with E-state index in [0.717, 1.165) is 12.1 Å². The Balaban J connectivity index is 3.34. The SMILES string of the molecule is C=C(C)CNS(=O)(=O)c1cc(Br)cc(C(=O)O)c1F. The number of carbonyl (C=O) groups is 1. The van der Waals surface area contributed by atoms with E-state index in [1.165, 1.54) is 0 Å². The molecule has 1 rings (SSSR count). The van der Waals surface area contributed by atoms with Gasteiger partial charge in [-0.1, -0.05) is 28.1 Å². The third-order valence-electron chi connectivity index (χ3n) is 2.09. The van der Waals surface area contributed by atoms with Gasteiger partial charge in [-0.15, -0.1) is 0 Å². The summed E-state index contributed by atoms with van der Waals surface area (Å²) in [5.41, 5.74) is -0.178. The van der Waals surface area contributed by atoms with Crippen molar-refractivity contribution in [2.45, 2.75) is 11.8 Å². The fourth-order valence-electron chi connectivity index (χ4n) is 1.21. The van der Waals surface area contributed by atoms with Gasteiger partial charge in [0.2, 0.25) is 10.0 Å². The molecular weight excluding hydrogens is 341 g/mol. The molecule has 1 aromatic carbocycles. The Morgan fingerprint density at radius 2 is 2.11 bits per heavy atom. The van der Waals surface area contributed by atoms with Gasteiger partial charge in [-0.2, -0.15) is 0 Å². The predicted octanol–water partition coefficient (Wildman–Crippen LogP) is 2.14. The van der Waals surface area contributed by atoms with Gasteiger partial charge in [0.1, 0.15) is 4.90 Å². The normalized spacial score (nSPS) is 11.3. The Morgan fingerprint density at radius 3 is 2.58 bits per heavy atom. The molecule has 0 fully saturated rings. The maximum Gasteiger partial charge on any atom is 0.338 e. The summed E-state index contributed by atoms with van der Waals surface area (Å²) in [7, 11) is -4.14. The van der Waals surface area contributed by atoms with Crippen LogP contribution in [0.1, 0.15) is 17.3 Å². The predicted molar refractivity (Wildman–Crippen MR) is 71.1 cm³/mol. The summed E-state index contributed by atoms with van der Waals surface area (Å²) >= 11 is 2.95. The lowest BCUT2D eigenvalue weighted by molar-refractivity contribution is 0.0691. The molecule has 2 N–H and O–H groups in total. The molecule has 1 aromatic rings. The molecule has 19 heavy (non-hydrogen) atoms. The highest BCUT2D eigenvalue weighted by atomic mass is 79.9. The Morgan fingerprint density at radius 1 is 1.53 bits per heavy atom. The number of rotatable bonds is 5. The molecule has 0 aromatic heterocycles. The van der Waals surface area contributed by atoms with Crippen LogP contribution in [0.5, 0.6) is 0 Å². The highest BCUT2D eigenvalue weighted by Crippen LogP contribution is 2.24. The largest absolute Gasteiger partial charge is 0.478 e. The van der Waals surface area contributed by atoms with Crippen LogP contribution in [0.25, 0.3) is 0 Å². The van der Waals surface area contributed by atoms with Gasteiger partial charge in [0.05, 0.1) is 5.56 Å². The van der Waals surface area contributed by atoms with Crippen LogP contribution in [0.4, 0.5) is 4.39 Å². The van der Waals surface area contributed by atoms with E-state index in [9.17, 15) is 17.6 Å². The molecule has 0 heterocycles. The van der Waals surface area contributed by atoms with E-state index in [1.54, 1.807) is 6.92 Å². The molecule has 5 nitrogen and oxygen atoms in total. The van der Waals surface area contributed by atoms with Crippen molar-refractivity contribution < 1.29 is 22.7 Å². The molecule has 0 unspecified atom stereocenters. The van der Waals surface area contributed by atoms with Gasteiger partial charge < -0.3 is 5.11 Å². The smallest absolute Gasteiger partial charge is 0.338 e. The van der Waals surface area contributed by atoms with Crippen LogP contribution in [0.3, 0.4) is 0 Å². The molecular formula is C11H11BrFNO4S. The molecule has 0 saturated carbocycles. The van der Waals surface area contributed by atoms with Crippen LogP contribution in [-0.4, -0.2) is 26.0 Å². The molecule has 0 atom stereocenters. The van der Waals surface area contributed by atoms with Crippen LogP contribution in [0.15, 0.2) is 33.7 Å². The highest BCUT2D eigenvalue weighted by molar-refractivity contribution is 9.10. The van der Waals surface area contributed by atoms with E-state index < -0.39 is 32.3 Å². The first-order valence-electron chi connectivity index (χ1n) is 5.01. The number of halogens is 2. The lowest BCUT2D eigenvalue weighted by atomic mass is 10.2. The molecule has 0 aliphatic rings. The van der Waals surface area contributed by atoms with E-state index in [0.29, 0.717) is 5.57 Å². The minimum absolute atomic E-state index is 0.0588. The van der Waals surface area contributed by atoms with Crippen LogP contribution in [-0.2, 0) is 10.0 Å². The van der Waals surface area contributed by atoms with Crippen LogP contribution < -0.4 is 4.72 Å². The summed E-state index contributed by atoms with van der Waals surface area (Å²) < 4.78 is 39.9. The van der Waals surface area contributed by atoms with Crippen molar-refractivity contribution in [1.82, 2.24) is 4.72 Å². The van der Waals surface area contributed by atoms with Crippen LogP contribution in [0, 0.1) is 5.82 Å². The number of carboxylic acid groups (broad SMARTS) is 1. The van der Waals surface area contributed by atoms with Crippen molar-refractivity contribution in [3.63, 3.8) is 0 Å². The van der Waals surface area contributed by atoms with Crippen molar-refractivity contribution in [1.29, 1.82) is 0 Å². The third-order valence-corrected chi connectivity index (χ3v) is 3.95. The fourth-order valence-corrected chi connectivity index (χ4v) is 3.04. The molecule has 8 heteroatoms. The standard InChI is InChI=1S/C11H11BrFNO4S/c1-6(2)5-14-19(17,18)9-4-7(12)3-8(10(9)13)11(15)16/h3-4,14H,1,5H2,2H3,(H,15,16). The van der Waals surface area contributed by atoms with E-state index in [2.05, 4.69) is 27.2 Å². The Kier molecular flexibility index (Phi) is 4.83. The molecule has 0 amide bonds. The number of hydrogen-bond donors (Lipinski definition) is 2. The molecule has 0 aliphatic heterocycles. The van der Waals surface area contributed by atoms with E-state index in [-0.39, 0.29) is 11.0 Å². The minimum atomic E-state index is -4.14. The number of sulfonamides is 1. The molecule has 0 aliphatic carbocycles. The number of aromatic carboxylic acids is 1.